The number of aliphatic hydroxyl groups excluding tert-OH is 2. The molecule has 2 heterocycles. The molecule has 1 saturated carbocycles. The second kappa shape index (κ2) is 14.1. The Morgan fingerprint density at radius 2 is 1.75 bits per heavy atom. The second-order valence-electron chi connectivity index (χ2n) is 12.6. The fraction of sp³-hybridized carbons (Fsp3) is 0.900. The lowest BCUT2D eigenvalue weighted by atomic mass is 9.76. The van der Waals surface area contributed by atoms with Crippen LogP contribution in [0.25, 0.3) is 0 Å². The fourth-order valence-corrected chi connectivity index (χ4v) is 6.83. The van der Waals surface area contributed by atoms with Crippen molar-refractivity contribution in [2.24, 2.45) is 23.7 Å². The normalized spacial score (nSPS) is 36.6. The van der Waals surface area contributed by atoms with Crippen molar-refractivity contribution < 1.29 is 43.9 Å². The first-order valence-electron chi connectivity index (χ1n) is 15.2. The van der Waals surface area contributed by atoms with Gasteiger partial charge in [-0.1, -0.05) is 34.6 Å². The number of ketones is 1. The first kappa shape index (κ1) is 32.9. The summed E-state index contributed by atoms with van der Waals surface area (Å²) in [5.41, 5.74) is 0. The van der Waals surface area contributed by atoms with E-state index in [2.05, 4.69) is 0 Å². The SMILES string of the molecule is CCC1CC[C@@H](C)[C@](O)(C(=O)C(=O)N2CCCC[C@H]2C(=O)O[C@@H](C(C)C)[C@H](C)C[C@@H]2CC[C@@H](O)[C@H](OC)[C@H]2O)O1. The maximum Gasteiger partial charge on any atom is 0.329 e. The predicted octanol–water partition coefficient (Wildman–Crippen LogP) is 2.59. The monoisotopic (exact) mass is 569 g/mol. The molecule has 1 aliphatic carbocycles. The molecule has 2 aliphatic heterocycles. The largest absolute Gasteiger partial charge is 0.460 e. The topological polar surface area (TPSA) is 143 Å². The van der Waals surface area contributed by atoms with Gasteiger partial charge in [-0.15, -0.1) is 0 Å². The molecule has 3 aliphatic rings. The van der Waals surface area contributed by atoms with Gasteiger partial charge in [-0.2, -0.15) is 0 Å². The highest BCUT2D eigenvalue weighted by Crippen LogP contribution is 2.36. The Labute approximate surface area is 238 Å². The summed E-state index contributed by atoms with van der Waals surface area (Å²) in [5.74, 6) is -5.47. The predicted molar refractivity (Wildman–Crippen MR) is 147 cm³/mol. The van der Waals surface area contributed by atoms with E-state index >= 15 is 0 Å². The van der Waals surface area contributed by atoms with Gasteiger partial charge in [0.1, 0.15) is 18.2 Å². The summed E-state index contributed by atoms with van der Waals surface area (Å²) in [4.78, 5) is 41.6. The van der Waals surface area contributed by atoms with Gasteiger partial charge in [-0.3, -0.25) is 9.59 Å². The third-order valence-corrected chi connectivity index (χ3v) is 9.40. The standard InChI is InChI=1S/C30H51NO9/c1-7-21-13-11-19(5)30(37,40-21)27(34)28(35)31-15-9-8-10-22(31)29(36)39-25(17(2)3)18(4)16-20-12-14-23(32)26(38-6)24(20)33/h17-26,32-33,37H,7-16H2,1-6H3/t18-,19-,20+,21?,22+,23-,24+,25+,26+,30-/m1/s1. The summed E-state index contributed by atoms with van der Waals surface area (Å²) >= 11 is 0. The highest BCUT2D eigenvalue weighted by atomic mass is 16.6. The first-order chi connectivity index (χ1) is 18.8. The van der Waals surface area contributed by atoms with E-state index in [0.717, 1.165) is 0 Å². The number of ether oxygens (including phenoxy) is 3. The van der Waals surface area contributed by atoms with E-state index in [1.54, 1.807) is 6.92 Å². The van der Waals surface area contributed by atoms with E-state index in [-0.39, 0.29) is 30.4 Å². The average Bonchev–Trinajstić information content (AvgIpc) is 2.93. The minimum Gasteiger partial charge on any atom is -0.460 e. The number of nitrogens with zero attached hydrogens (tertiary/aromatic N) is 1. The van der Waals surface area contributed by atoms with Gasteiger partial charge in [0, 0.05) is 19.6 Å². The van der Waals surface area contributed by atoms with Crippen LogP contribution in [0.4, 0.5) is 0 Å². The third kappa shape index (κ3) is 7.06. The molecule has 0 aromatic rings. The average molecular weight is 570 g/mol. The van der Waals surface area contributed by atoms with Gasteiger partial charge in [-0.25, -0.2) is 4.79 Å². The van der Waals surface area contributed by atoms with Gasteiger partial charge in [-0.05, 0) is 75.5 Å². The molecule has 0 radical (unpaired) electrons. The number of Topliss-reactive ketones (excluding diaryl/α,β-unsaturated/α-hetero) is 1. The van der Waals surface area contributed by atoms with Gasteiger partial charge in [0.2, 0.25) is 5.79 Å². The van der Waals surface area contributed by atoms with Crippen LogP contribution in [0.1, 0.15) is 92.4 Å². The van der Waals surface area contributed by atoms with E-state index in [4.69, 9.17) is 14.2 Å². The van der Waals surface area contributed by atoms with E-state index in [1.165, 1.54) is 12.0 Å². The van der Waals surface area contributed by atoms with Gasteiger partial charge in [0.15, 0.2) is 0 Å². The van der Waals surface area contributed by atoms with E-state index in [9.17, 15) is 29.7 Å². The Morgan fingerprint density at radius 3 is 2.38 bits per heavy atom. The molecule has 0 bridgehead atoms. The number of carbonyl (C=O) groups is 3. The summed E-state index contributed by atoms with van der Waals surface area (Å²) in [7, 11) is 1.48. The zero-order valence-electron chi connectivity index (χ0n) is 25.1. The van der Waals surface area contributed by atoms with Crippen molar-refractivity contribution in [3.63, 3.8) is 0 Å². The number of carbonyl (C=O) groups excluding carboxylic acids is 3. The van der Waals surface area contributed by atoms with E-state index in [0.29, 0.717) is 57.8 Å². The Hall–Kier alpha value is -1.59. The molecule has 230 valence electrons. The summed E-state index contributed by atoms with van der Waals surface area (Å²) in [6.07, 6.45) is 2.40. The number of piperidine rings is 1. The van der Waals surface area contributed by atoms with Gasteiger partial charge >= 0.3 is 5.97 Å². The molecule has 2 saturated heterocycles. The lowest BCUT2D eigenvalue weighted by molar-refractivity contribution is -0.263. The number of hydrogen-bond donors (Lipinski definition) is 3. The Bertz CT molecular complexity index is 881. The lowest BCUT2D eigenvalue weighted by Crippen LogP contribution is -2.60. The van der Waals surface area contributed by atoms with Crippen molar-refractivity contribution in [3.8, 4) is 0 Å². The van der Waals surface area contributed by atoms with Gasteiger partial charge in [0.05, 0.1) is 18.3 Å². The molecule has 3 rings (SSSR count). The van der Waals surface area contributed by atoms with Crippen LogP contribution in [0.5, 0.6) is 0 Å². The van der Waals surface area contributed by atoms with E-state index in [1.807, 2.05) is 27.7 Å². The van der Waals surface area contributed by atoms with Crippen LogP contribution in [0.3, 0.4) is 0 Å². The van der Waals surface area contributed by atoms with Crippen LogP contribution >= 0.6 is 0 Å². The Kier molecular flexibility index (Phi) is 11.6. The third-order valence-electron chi connectivity index (χ3n) is 9.40. The van der Waals surface area contributed by atoms with Crippen molar-refractivity contribution in [2.75, 3.05) is 13.7 Å². The van der Waals surface area contributed by atoms with Crippen molar-refractivity contribution in [1.82, 2.24) is 4.90 Å². The number of rotatable bonds is 10. The lowest BCUT2D eigenvalue weighted by Gasteiger charge is -2.42. The first-order valence-corrected chi connectivity index (χ1v) is 15.2. The quantitative estimate of drug-likeness (QED) is 0.267. The van der Waals surface area contributed by atoms with Crippen LogP contribution < -0.4 is 0 Å². The molecule has 1 unspecified atom stereocenters. The van der Waals surface area contributed by atoms with Gasteiger partial charge < -0.3 is 34.4 Å². The highest BCUT2D eigenvalue weighted by Gasteiger charge is 2.52. The fourth-order valence-electron chi connectivity index (χ4n) is 6.83. The Morgan fingerprint density at radius 1 is 1.05 bits per heavy atom. The van der Waals surface area contributed by atoms with Crippen LogP contribution in [0.2, 0.25) is 0 Å². The maximum atomic E-state index is 13.5. The molecule has 3 fully saturated rings. The molecular formula is C30H51NO9. The number of aliphatic hydroxyl groups is 3. The number of hydrogen-bond acceptors (Lipinski definition) is 9. The van der Waals surface area contributed by atoms with E-state index < -0.39 is 59.8 Å². The molecule has 10 heteroatoms. The zero-order valence-corrected chi connectivity index (χ0v) is 25.1. The smallest absolute Gasteiger partial charge is 0.329 e. The zero-order chi connectivity index (χ0) is 29.8. The second-order valence-corrected chi connectivity index (χ2v) is 12.6. The molecule has 3 N–H and O–H groups in total. The molecule has 40 heavy (non-hydrogen) atoms. The van der Waals surface area contributed by atoms with Crippen molar-refractivity contribution in [3.05, 3.63) is 0 Å². The Balaban J connectivity index is 1.71. The molecule has 1 amide bonds. The molecular weight excluding hydrogens is 518 g/mol. The van der Waals surface area contributed by atoms with Gasteiger partial charge in [0.25, 0.3) is 11.7 Å². The number of methoxy groups -OCH3 is 1. The minimum atomic E-state index is -2.20. The summed E-state index contributed by atoms with van der Waals surface area (Å²) < 4.78 is 17.1. The molecule has 10 atom stereocenters. The van der Waals surface area contributed by atoms with Crippen molar-refractivity contribution >= 4 is 17.7 Å². The van der Waals surface area contributed by atoms with Crippen LogP contribution in [-0.4, -0.2) is 93.9 Å². The number of esters is 1. The van der Waals surface area contributed by atoms with Crippen LogP contribution in [0.15, 0.2) is 0 Å². The summed E-state index contributed by atoms with van der Waals surface area (Å²) in [6.45, 7) is 9.73. The van der Waals surface area contributed by atoms with Crippen LogP contribution in [0, 0.1) is 23.7 Å². The molecule has 0 aromatic heterocycles. The molecule has 0 aromatic carbocycles. The summed E-state index contributed by atoms with van der Waals surface area (Å²) in [6, 6.07) is -0.920. The summed E-state index contributed by atoms with van der Waals surface area (Å²) in [5, 5.41) is 32.1. The minimum absolute atomic E-state index is 0.0268. The molecule has 0 spiro atoms. The van der Waals surface area contributed by atoms with Crippen molar-refractivity contribution in [2.45, 2.75) is 135 Å². The number of likely N-dealkylation sites (tertiary alicyclic amines) is 1. The maximum absolute atomic E-state index is 13.5. The number of amides is 1. The highest BCUT2D eigenvalue weighted by molar-refractivity contribution is 6.39. The van der Waals surface area contributed by atoms with Crippen molar-refractivity contribution in [1.29, 1.82) is 0 Å². The van der Waals surface area contributed by atoms with Crippen LogP contribution in [-0.2, 0) is 28.6 Å². The molecule has 10 nitrogen and oxygen atoms in total.